The van der Waals surface area contributed by atoms with Crippen molar-refractivity contribution in [3.63, 3.8) is 0 Å². The molecule has 0 radical (unpaired) electrons. The van der Waals surface area contributed by atoms with Crippen molar-refractivity contribution in [3.8, 4) is 6.07 Å². The van der Waals surface area contributed by atoms with Crippen molar-refractivity contribution in [3.05, 3.63) is 70.5 Å². The summed E-state index contributed by atoms with van der Waals surface area (Å²) in [4.78, 5) is 16.5. The molecule has 1 amide bonds. The Balaban J connectivity index is 1.53. The first-order chi connectivity index (χ1) is 13.9. The van der Waals surface area contributed by atoms with Crippen LogP contribution in [0.1, 0.15) is 47.7 Å². The molecule has 1 aliphatic carbocycles. The summed E-state index contributed by atoms with van der Waals surface area (Å²) in [6.07, 6.45) is 6.96. The van der Waals surface area contributed by atoms with E-state index in [2.05, 4.69) is 47.7 Å². The maximum absolute atomic E-state index is 12.5. The summed E-state index contributed by atoms with van der Waals surface area (Å²) in [5.41, 5.74) is 3.26. The van der Waals surface area contributed by atoms with Crippen LogP contribution in [0.4, 0.5) is 5.69 Å². The summed E-state index contributed by atoms with van der Waals surface area (Å²) >= 11 is 5.80. The Morgan fingerprint density at radius 3 is 2.93 bits per heavy atom. The van der Waals surface area contributed by atoms with E-state index in [9.17, 15) is 10.1 Å². The Bertz CT molecular complexity index is 1010. The molecule has 2 heterocycles. The van der Waals surface area contributed by atoms with Crippen molar-refractivity contribution in [2.45, 2.75) is 32.2 Å². The van der Waals surface area contributed by atoms with Crippen LogP contribution in [0.5, 0.6) is 0 Å². The number of fused-ring (bicyclic) bond motifs is 3. The smallest absolute Gasteiger partial charge is 0.252 e. The van der Waals surface area contributed by atoms with Gasteiger partial charge in [-0.3, -0.25) is 4.79 Å². The summed E-state index contributed by atoms with van der Waals surface area (Å²) in [6, 6.07) is 11.6. The highest BCUT2D eigenvalue weighted by atomic mass is 35.5. The van der Waals surface area contributed by atoms with Gasteiger partial charge in [-0.05, 0) is 48.2 Å². The third kappa shape index (κ3) is 3.73. The van der Waals surface area contributed by atoms with Gasteiger partial charge in [0.2, 0.25) is 0 Å². The van der Waals surface area contributed by atoms with E-state index in [1.54, 1.807) is 12.1 Å². The number of carbonyl (C=O) groups excluding carboxylic acids is 1. The minimum atomic E-state index is -0.184. The largest absolute Gasteiger partial charge is 0.381 e. The van der Waals surface area contributed by atoms with Gasteiger partial charge in [0.1, 0.15) is 5.15 Å². The number of benzene rings is 1. The highest BCUT2D eigenvalue weighted by molar-refractivity contribution is 6.29. The Kier molecular flexibility index (Phi) is 5.06. The van der Waals surface area contributed by atoms with Gasteiger partial charge in [-0.15, -0.1) is 0 Å². The van der Waals surface area contributed by atoms with Crippen LogP contribution in [-0.2, 0) is 0 Å². The molecule has 1 aromatic carbocycles. The zero-order valence-electron chi connectivity index (χ0n) is 16.4. The maximum atomic E-state index is 12.5. The van der Waals surface area contributed by atoms with Crippen molar-refractivity contribution in [2.75, 3.05) is 11.9 Å². The first-order valence-electron chi connectivity index (χ1n) is 9.76. The number of anilines is 1. The first kappa shape index (κ1) is 19.5. The molecular weight excluding hydrogens is 384 g/mol. The second kappa shape index (κ2) is 7.53. The molecule has 0 bridgehead atoms. The average Bonchev–Trinajstić information content (AvgIpc) is 3.21. The fourth-order valence-electron chi connectivity index (χ4n) is 4.47. The van der Waals surface area contributed by atoms with Gasteiger partial charge in [0.05, 0.1) is 17.2 Å². The van der Waals surface area contributed by atoms with Crippen molar-refractivity contribution in [1.29, 1.82) is 5.26 Å². The number of hydrogen-bond donors (Lipinski definition) is 2. The van der Waals surface area contributed by atoms with Crippen LogP contribution in [-0.4, -0.2) is 23.5 Å². The van der Waals surface area contributed by atoms with Gasteiger partial charge in [0.25, 0.3) is 5.91 Å². The van der Waals surface area contributed by atoms with Crippen LogP contribution < -0.4 is 10.6 Å². The SMILES string of the molecule is CC(C)(CNC(=O)c1ccc(Cl)nc1)[C@H]1Nc2ccc(C#N)cc2[C@H]2C=CC[C@H]21. The van der Waals surface area contributed by atoms with Gasteiger partial charge < -0.3 is 10.6 Å². The minimum Gasteiger partial charge on any atom is -0.381 e. The molecule has 0 spiro atoms. The molecular formula is C23H23ClN4O. The van der Waals surface area contributed by atoms with E-state index < -0.39 is 0 Å². The van der Waals surface area contributed by atoms with Gasteiger partial charge in [-0.2, -0.15) is 5.26 Å². The molecule has 1 aliphatic heterocycles. The van der Waals surface area contributed by atoms with Crippen LogP contribution >= 0.6 is 11.6 Å². The molecule has 2 aliphatic rings. The summed E-state index contributed by atoms with van der Waals surface area (Å²) in [5.74, 6) is 0.527. The lowest BCUT2D eigenvalue weighted by atomic mass is 9.69. The Labute approximate surface area is 175 Å². The van der Waals surface area contributed by atoms with E-state index in [-0.39, 0.29) is 17.4 Å². The van der Waals surface area contributed by atoms with Gasteiger partial charge in [0.15, 0.2) is 0 Å². The number of rotatable bonds is 4. The van der Waals surface area contributed by atoms with Gasteiger partial charge in [-0.25, -0.2) is 4.98 Å². The van der Waals surface area contributed by atoms with E-state index >= 15 is 0 Å². The highest BCUT2D eigenvalue weighted by Crippen LogP contribution is 2.48. The van der Waals surface area contributed by atoms with Crippen molar-refractivity contribution in [2.24, 2.45) is 11.3 Å². The first-order valence-corrected chi connectivity index (χ1v) is 10.1. The standard InChI is InChI=1S/C23H23ClN4O/c1-23(2,13-27-22(29)15-7-9-20(24)26-12-15)21-17-5-3-4-16(17)18-10-14(11-25)6-8-19(18)28-21/h3-4,6-10,12,16-17,21,28H,5,13H2,1-2H3,(H,27,29)/t16-,17+,21-/m0/s1. The fraction of sp³-hybridized carbons (Fsp3) is 0.348. The van der Waals surface area contributed by atoms with Crippen LogP contribution in [0.3, 0.4) is 0 Å². The Morgan fingerprint density at radius 1 is 1.38 bits per heavy atom. The van der Waals surface area contributed by atoms with Crippen molar-refractivity contribution in [1.82, 2.24) is 10.3 Å². The third-order valence-corrected chi connectivity index (χ3v) is 6.25. The van der Waals surface area contributed by atoms with E-state index in [0.717, 1.165) is 12.1 Å². The monoisotopic (exact) mass is 406 g/mol. The number of amides is 1. The number of halogens is 1. The highest BCUT2D eigenvalue weighted by Gasteiger charge is 2.44. The molecule has 0 unspecified atom stereocenters. The molecule has 5 nitrogen and oxygen atoms in total. The third-order valence-electron chi connectivity index (χ3n) is 6.03. The summed E-state index contributed by atoms with van der Waals surface area (Å²) in [7, 11) is 0. The maximum Gasteiger partial charge on any atom is 0.252 e. The number of carbonyl (C=O) groups is 1. The van der Waals surface area contributed by atoms with Crippen LogP contribution in [0, 0.1) is 22.7 Å². The van der Waals surface area contributed by atoms with E-state index in [1.165, 1.54) is 11.8 Å². The zero-order chi connectivity index (χ0) is 20.6. The van der Waals surface area contributed by atoms with Gasteiger partial charge in [0, 0.05) is 35.8 Å². The quantitative estimate of drug-likeness (QED) is 0.578. The number of hydrogen-bond acceptors (Lipinski definition) is 4. The fourth-order valence-corrected chi connectivity index (χ4v) is 4.58. The number of aromatic nitrogens is 1. The average molecular weight is 407 g/mol. The van der Waals surface area contributed by atoms with Gasteiger partial charge >= 0.3 is 0 Å². The van der Waals surface area contributed by atoms with Gasteiger partial charge in [-0.1, -0.05) is 37.6 Å². The second-order valence-electron chi connectivity index (χ2n) is 8.43. The number of nitriles is 1. The number of pyridine rings is 1. The minimum absolute atomic E-state index is 0.154. The lowest BCUT2D eigenvalue weighted by Gasteiger charge is -2.45. The lowest BCUT2D eigenvalue weighted by Crippen LogP contribution is -2.51. The molecule has 0 saturated carbocycles. The second-order valence-corrected chi connectivity index (χ2v) is 8.82. The molecule has 29 heavy (non-hydrogen) atoms. The number of nitrogens with zero attached hydrogens (tertiary/aromatic N) is 2. The molecule has 4 rings (SSSR count). The Morgan fingerprint density at radius 2 is 2.21 bits per heavy atom. The lowest BCUT2D eigenvalue weighted by molar-refractivity contribution is 0.0923. The van der Waals surface area contributed by atoms with E-state index in [4.69, 9.17) is 11.6 Å². The Hall–Kier alpha value is -2.84. The molecule has 0 saturated heterocycles. The summed E-state index contributed by atoms with van der Waals surface area (Å²) in [5, 5.41) is 16.4. The number of nitrogens with one attached hydrogen (secondary N) is 2. The van der Waals surface area contributed by atoms with E-state index in [1.807, 2.05) is 18.2 Å². The predicted octanol–water partition coefficient (Wildman–Crippen LogP) is 4.52. The molecule has 3 atom stereocenters. The molecule has 2 N–H and O–H groups in total. The number of allylic oxidation sites excluding steroid dienone is 2. The van der Waals surface area contributed by atoms with E-state index in [0.29, 0.717) is 34.7 Å². The van der Waals surface area contributed by atoms with Crippen molar-refractivity contribution >= 4 is 23.2 Å². The molecule has 0 fully saturated rings. The molecule has 1 aromatic heterocycles. The topological polar surface area (TPSA) is 77.8 Å². The molecule has 6 heteroatoms. The zero-order valence-corrected chi connectivity index (χ0v) is 17.2. The van der Waals surface area contributed by atoms with Crippen LogP contribution in [0.2, 0.25) is 5.15 Å². The normalized spacial score (nSPS) is 22.2. The van der Waals surface area contributed by atoms with Crippen molar-refractivity contribution < 1.29 is 4.79 Å². The van der Waals surface area contributed by atoms with Crippen LogP contribution in [0.25, 0.3) is 0 Å². The predicted molar refractivity (Wildman–Crippen MR) is 114 cm³/mol. The summed E-state index contributed by atoms with van der Waals surface area (Å²) < 4.78 is 0. The summed E-state index contributed by atoms with van der Waals surface area (Å²) in [6.45, 7) is 4.88. The molecule has 2 aromatic rings. The molecule has 148 valence electrons. The van der Waals surface area contributed by atoms with Crippen LogP contribution in [0.15, 0.2) is 48.7 Å².